The van der Waals surface area contributed by atoms with Crippen molar-refractivity contribution in [2.24, 2.45) is 0 Å². The Labute approximate surface area is 106 Å². The van der Waals surface area contributed by atoms with E-state index in [1.54, 1.807) is 0 Å². The Morgan fingerprint density at radius 3 is 2.41 bits per heavy atom. The Bertz CT molecular complexity index is 358. The predicted molar refractivity (Wildman–Crippen MR) is 75.5 cm³/mol. The number of hydrogen-bond donors (Lipinski definition) is 1. The molecular weight excluding hydrogens is 208 g/mol. The van der Waals surface area contributed by atoms with Crippen LogP contribution < -0.4 is 5.32 Å². The Hall–Kier alpha value is -0.860. The van der Waals surface area contributed by atoms with Crippen LogP contribution in [0.3, 0.4) is 0 Å². The van der Waals surface area contributed by atoms with Gasteiger partial charge in [-0.05, 0) is 52.9 Å². The molecule has 0 aliphatic rings. The maximum absolute atomic E-state index is 3.65. The zero-order valence-electron chi connectivity index (χ0n) is 12.0. The number of nitrogens with one attached hydrogen (secondary N) is 1. The second kappa shape index (κ2) is 6.18. The molecule has 17 heavy (non-hydrogen) atoms. The monoisotopic (exact) mass is 234 g/mol. The fourth-order valence-electron chi connectivity index (χ4n) is 2.34. The molecule has 0 aliphatic heterocycles. The molecule has 0 saturated carbocycles. The van der Waals surface area contributed by atoms with Gasteiger partial charge in [-0.2, -0.15) is 0 Å². The molecule has 0 bridgehead atoms. The molecular formula is C15H26N2. The van der Waals surface area contributed by atoms with Gasteiger partial charge in [0.05, 0.1) is 0 Å². The molecule has 0 aromatic heterocycles. The summed E-state index contributed by atoms with van der Waals surface area (Å²) in [5.74, 6) is 0. The maximum Gasteiger partial charge on any atom is 0.0297 e. The van der Waals surface area contributed by atoms with Gasteiger partial charge >= 0.3 is 0 Å². The lowest BCUT2D eigenvalue weighted by atomic mass is 9.99. The van der Waals surface area contributed by atoms with Crippen molar-refractivity contribution in [3.05, 3.63) is 34.9 Å². The highest BCUT2D eigenvalue weighted by molar-refractivity contribution is 5.32. The van der Waals surface area contributed by atoms with Crippen molar-refractivity contribution in [2.75, 3.05) is 20.6 Å². The van der Waals surface area contributed by atoms with E-state index in [-0.39, 0.29) is 0 Å². The molecule has 0 heterocycles. The summed E-state index contributed by atoms with van der Waals surface area (Å²) >= 11 is 0. The first-order valence-corrected chi connectivity index (χ1v) is 6.38. The minimum absolute atomic E-state index is 0.407. The summed E-state index contributed by atoms with van der Waals surface area (Å²) in [4.78, 5) is 2.22. The van der Waals surface area contributed by atoms with Crippen molar-refractivity contribution in [2.45, 2.75) is 39.8 Å². The first-order valence-electron chi connectivity index (χ1n) is 6.38. The fourth-order valence-corrected chi connectivity index (χ4v) is 2.34. The summed E-state index contributed by atoms with van der Waals surface area (Å²) in [5, 5.41) is 3.65. The highest BCUT2D eigenvalue weighted by atomic mass is 15.1. The van der Waals surface area contributed by atoms with Crippen LogP contribution in [-0.4, -0.2) is 31.6 Å². The smallest absolute Gasteiger partial charge is 0.0297 e. The van der Waals surface area contributed by atoms with Gasteiger partial charge in [-0.15, -0.1) is 0 Å². The quantitative estimate of drug-likeness (QED) is 0.842. The van der Waals surface area contributed by atoms with Crippen molar-refractivity contribution < 1.29 is 0 Å². The van der Waals surface area contributed by atoms with Crippen molar-refractivity contribution in [1.82, 2.24) is 10.2 Å². The first-order chi connectivity index (χ1) is 7.90. The van der Waals surface area contributed by atoms with Gasteiger partial charge in [-0.3, -0.25) is 0 Å². The minimum Gasteiger partial charge on any atom is -0.308 e. The van der Waals surface area contributed by atoms with Crippen LogP contribution in [0, 0.1) is 13.8 Å². The number of nitrogens with zero attached hydrogens (tertiary/aromatic N) is 1. The second-order valence-corrected chi connectivity index (χ2v) is 5.41. The highest BCUT2D eigenvalue weighted by Gasteiger charge is 2.12. The van der Waals surface area contributed by atoms with E-state index in [0.29, 0.717) is 12.1 Å². The molecule has 2 nitrogen and oxygen atoms in total. The first kappa shape index (κ1) is 14.2. The standard InChI is InChI=1S/C15H26N2/c1-11-7-8-12(2)15(9-11)14(4)16-13(3)10-17(5)6/h7-9,13-14,16H,10H2,1-6H3. The topological polar surface area (TPSA) is 15.3 Å². The van der Waals surface area contributed by atoms with Gasteiger partial charge in [-0.1, -0.05) is 23.8 Å². The third-order valence-corrected chi connectivity index (χ3v) is 3.07. The molecule has 1 N–H and O–H groups in total. The molecule has 0 amide bonds. The van der Waals surface area contributed by atoms with Crippen LogP contribution in [0.25, 0.3) is 0 Å². The molecule has 0 spiro atoms. The number of hydrogen-bond acceptors (Lipinski definition) is 2. The molecule has 2 unspecified atom stereocenters. The number of likely N-dealkylation sites (N-methyl/N-ethyl adjacent to an activating group) is 1. The highest BCUT2D eigenvalue weighted by Crippen LogP contribution is 2.19. The van der Waals surface area contributed by atoms with E-state index in [9.17, 15) is 0 Å². The van der Waals surface area contributed by atoms with Crippen molar-refractivity contribution in [3.63, 3.8) is 0 Å². The van der Waals surface area contributed by atoms with Crippen LogP contribution >= 0.6 is 0 Å². The third kappa shape index (κ3) is 4.49. The summed E-state index contributed by atoms with van der Waals surface area (Å²) in [5.41, 5.74) is 4.11. The number of benzene rings is 1. The summed E-state index contributed by atoms with van der Waals surface area (Å²) < 4.78 is 0. The van der Waals surface area contributed by atoms with Gasteiger partial charge in [-0.25, -0.2) is 0 Å². The Kier molecular flexibility index (Phi) is 5.16. The largest absolute Gasteiger partial charge is 0.308 e. The molecule has 96 valence electrons. The van der Waals surface area contributed by atoms with Crippen molar-refractivity contribution >= 4 is 0 Å². The zero-order valence-corrected chi connectivity index (χ0v) is 12.0. The third-order valence-electron chi connectivity index (χ3n) is 3.07. The summed E-state index contributed by atoms with van der Waals surface area (Å²) in [6.45, 7) is 9.88. The molecule has 0 radical (unpaired) electrons. The Balaban J connectivity index is 2.69. The van der Waals surface area contributed by atoms with Crippen LogP contribution in [0.4, 0.5) is 0 Å². The molecule has 2 heteroatoms. The van der Waals surface area contributed by atoms with Gasteiger partial charge in [0, 0.05) is 18.6 Å². The summed E-state index contributed by atoms with van der Waals surface area (Å²) in [7, 11) is 4.22. The number of aryl methyl sites for hydroxylation is 2. The molecule has 0 aliphatic carbocycles. The Morgan fingerprint density at radius 2 is 1.82 bits per heavy atom. The van der Waals surface area contributed by atoms with Gasteiger partial charge < -0.3 is 10.2 Å². The molecule has 0 fully saturated rings. The van der Waals surface area contributed by atoms with E-state index in [2.05, 4.69) is 70.2 Å². The van der Waals surface area contributed by atoms with Crippen LogP contribution in [0.5, 0.6) is 0 Å². The van der Waals surface area contributed by atoms with E-state index in [0.717, 1.165) is 6.54 Å². The number of rotatable bonds is 5. The van der Waals surface area contributed by atoms with Gasteiger partial charge in [0.15, 0.2) is 0 Å². The average Bonchev–Trinajstić information content (AvgIpc) is 2.20. The molecule has 1 aromatic rings. The predicted octanol–water partition coefficient (Wildman–Crippen LogP) is 2.90. The van der Waals surface area contributed by atoms with E-state index in [1.807, 2.05) is 0 Å². The second-order valence-electron chi connectivity index (χ2n) is 5.41. The van der Waals surface area contributed by atoms with E-state index < -0.39 is 0 Å². The fraction of sp³-hybridized carbons (Fsp3) is 0.600. The van der Waals surface area contributed by atoms with Gasteiger partial charge in [0.25, 0.3) is 0 Å². The van der Waals surface area contributed by atoms with Crippen LogP contribution in [-0.2, 0) is 0 Å². The molecule has 2 atom stereocenters. The van der Waals surface area contributed by atoms with E-state index in [4.69, 9.17) is 0 Å². The zero-order chi connectivity index (χ0) is 13.0. The van der Waals surface area contributed by atoms with Crippen LogP contribution in [0.1, 0.15) is 36.6 Å². The minimum atomic E-state index is 0.407. The van der Waals surface area contributed by atoms with Gasteiger partial charge in [0.1, 0.15) is 0 Å². The maximum atomic E-state index is 3.65. The Morgan fingerprint density at radius 1 is 1.18 bits per heavy atom. The van der Waals surface area contributed by atoms with Crippen molar-refractivity contribution in [3.8, 4) is 0 Å². The SMILES string of the molecule is Cc1ccc(C)c(C(C)NC(C)CN(C)C)c1. The summed E-state index contributed by atoms with van der Waals surface area (Å²) in [6, 6.07) is 7.58. The average molecular weight is 234 g/mol. The van der Waals surface area contributed by atoms with Crippen LogP contribution in [0.2, 0.25) is 0 Å². The lowest BCUT2D eigenvalue weighted by molar-refractivity contribution is 0.334. The molecule has 1 aromatic carbocycles. The van der Waals surface area contributed by atoms with Gasteiger partial charge in [0.2, 0.25) is 0 Å². The van der Waals surface area contributed by atoms with E-state index >= 15 is 0 Å². The van der Waals surface area contributed by atoms with Crippen LogP contribution in [0.15, 0.2) is 18.2 Å². The lowest BCUT2D eigenvalue weighted by Gasteiger charge is -2.24. The lowest BCUT2D eigenvalue weighted by Crippen LogP contribution is -2.37. The molecule has 0 saturated heterocycles. The normalized spacial score (nSPS) is 15.0. The van der Waals surface area contributed by atoms with Crippen molar-refractivity contribution in [1.29, 1.82) is 0 Å². The van der Waals surface area contributed by atoms with E-state index in [1.165, 1.54) is 16.7 Å². The summed E-state index contributed by atoms with van der Waals surface area (Å²) in [6.07, 6.45) is 0. The molecule has 1 rings (SSSR count).